The van der Waals surface area contributed by atoms with Gasteiger partial charge in [-0.25, -0.2) is 19.6 Å². The topological polar surface area (TPSA) is 204 Å². The summed E-state index contributed by atoms with van der Waals surface area (Å²) in [5.74, 6) is 2.41. The van der Waals surface area contributed by atoms with E-state index in [9.17, 15) is 24.3 Å². The van der Waals surface area contributed by atoms with Gasteiger partial charge in [-0.3, -0.25) is 9.59 Å². The molecule has 64 heavy (non-hydrogen) atoms. The first-order valence-corrected chi connectivity index (χ1v) is 22.3. The molecule has 3 aromatic carbocycles. The molecule has 16 nitrogen and oxygen atoms in total. The van der Waals surface area contributed by atoms with E-state index < -0.39 is 30.4 Å². The second-order valence-electron chi connectivity index (χ2n) is 18.5. The number of amides is 4. The highest BCUT2D eigenvalue weighted by molar-refractivity contribution is 6.07. The number of benzene rings is 3. The number of hydrogen-bond acceptors (Lipinski definition) is 9. The molecule has 7 atom stereocenters. The number of rotatable bonds is 10. The number of carbonyl (C=O) groups is 4. The third-order valence-electron chi connectivity index (χ3n) is 12.4. The Morgan fingerprint density at radius 2 is 1.62 bits per heavy atom. The number of nitrogens with one attached hydrogen (secondary N) is 4. The Morgan fingerprint density at radius 1 is 0.875 bits per heavy atom. The van der Waals surface area contributed by atoms with Crippen LogP contribution in [0.4, 0.5) is 9.59 Å². The van der Waals surface area contributed by atoms with Gasteiger partial charge >= 0.3 is 12.2 Å². The Bertz CT molecular complexity index is 2530. The number of alkyl carbamates (subject to hydrolysis) is 1. The highest BCUT2D eigenvalue weighted by atomic mass is 16.5. The van der Waals surface area contributed by atoms with Crippen LogP contribution in [0.25, 0.3) is 44.2 Å². The molecule has 3 aliphatic rings. The lowest BCUT2D eigenvalue weighted by molar-refractivity contribution is -0.138. The van der Waals surface area contributed by atoms with Crippen LogP contribution in [0.15, 0.2) is 48.7 Å². The lowest BCUT2D eigenvalue weighted by Gasteiger charge is -2.32. The zero-order valence-corrected chi connectivity index (χ0v) is 38.4. The van der Waals surface area contributed by atoms with Gasteiger partial charge in [-0.2, -0.15) is 0 Å². The first-order chi connectivity index (χ1) is 30.5. The van der Waals surface area contributed by atoms with Gasteiger partial charge in [0.25, 0.3) is 0 Å². The summed E-state index contributed by atoms with van der Waals surface area (Å²) in [5, 5.41) is 16.4. The van der Waals surface area contributed by atoms with Crippen LogP contribution < -0.4 is 15.4 Å². The number of likely N-dealkylation sites (tertiary alicyclic amines) is 2. The molecule has 2 aromatic heterocycles. The molecule has 16 heteroatoms. The van der Waals surface area contributed by atoms with E-state index in [1.54, 1.807) is 22.9 Å². The molecule has 0 bridgehead atoms. The van der Waals surface area contributed by atoms with Crippen molar-refractivity contribution >= 4 is 45.8 Å². The minimum absolute atomic E-state index is 0.0604. The van der Waals surface area contributed by atoms with Crippen molar-refractivity contribution in [3.63, 3.8) is 0 Å². The number of carbonyl (C=O) groups excluding carboxylic acids is 3. The van der Waals surface area contributed by atoms with Crippen molar-refractivity contribution in [3.05, 3.63) is 65.9 Å². The SMILES string of the molecule is CC(C)C.COC(=O)N[C@H](C(=O)N1C[C@@H](C)C[C@H]1c1nc2c(ccc3cc4c(cc32)OCc2cc(-c3cnc([C@@H]5CC[C@H](C)N5C(=O)[C@@H](NC(=O)O)C(C)C)[nH]3)ccc2-4)[nH]1)[C@@H](C)OC. The molecular formula is C48H62N8O8. The van der Waals surface area contributed by atoms with Gasteiger partial charge in [0.15, 0.2) is 0 Å². The van der Waals surface area contributed by atoms with Crippen molar-refractivity contribution in [2.45, 2.75) is 118 Å². The standard InChI is InChI=1S/C44H52N8O8.C4H10/c1-21(2)36(49-43(55)56)42(54)52-23(4)8-13-33(52)39-45-18-32(47-39)26-9-11-28-27(15-26)20-60-35-17-29-25(16-30(28)35)10-12-31-38(29)48-40(46-31)34-14-22(3)19-51(34)41(53)37(24(5)58-6)50-44(57)59-7;1-4(2)3/h9-12,15-18,21-24,33-34,36-37,49H,8,13-14,19-20H2,1-7H3,(H,45,47)(H,46,48)(H,50,57)(H,55,56);4H,1-3H3/t22-,23-,24+,33-,34-,36-,37-;/m0./s1. The third-order valence-corrected chi connectivity index (χ3v) is 12.4. The summed E-state index contributed by atoms with van der Waals surface area (Å²) in [4.78, 5) is 71.7. The summed E-state index contributed by atoms with van der Waals surface area (Å²) >= 11 is 0. The van der Waals surface area contributed by atoms with Gasteiger partial charge in [-0.15, -0.1) is 0 Å². The highest BCUT2D eigenvalue weighted by Crippen LogP contribution is 2.44. The van der Waals surface area contributed by atoms with Gasteiger partial charge in [-0.05, 0) is 97.2 Å². The van der Waals surface area contributed by atoms with Gasteiger partial charge in [0.2, 0.25) is 11.8 Å². The smallest absolute Gasteiger partial charge is 0.407 e. The molecule has 5 N–H and O–H groups in total. The molecule has 2 fully saturated rings. The van der Waals surface area contributed by atoms with E-state index in [2.05, 4.69) is 78.6 Å². The van der Waals surface area contributed by atoms with Crippen molar-refractivity contribution in [1.29, 1.82) is 0 Å². The predicted molar refractivity (Wildman–Crippen MR) is 244 cm³/mol. The maximum atomic E-state index is 14.0. The number of fused-ring (bicyclic) bond motifs is 6. The minimum atomic E-state index is -1.22. The van der Waals surface area contributed by atoms with E-state index in [1.807, 2.05) is 32.9 Å². The minimum Gasteiger partial charge on any atom is -0.488 e. The summed E-state index contributed by atoms with van der Waals surface area (Å²) in [6.07, 6.45) is 1.48. The first-order valence-electron chi connectivity index (χ1n) is 22.3. The fourth-order valence-corrected chi connectivity index (χ4v) is 9.14. The predicted octanol–water partition coefficient (Wildman–Crippen LogP) is 8.34. The molecule has 8 rings (SSSR count). The van der Waals surface area contributed by atoms with Crippen molar-refractivity contribution in [3.8, 4) is 28.1 Å². The van der Waals surface area contributed by atoms with Crippen LogP contribution in [-0.2, 0) is 25.7 Å². The van der Waals surface area contributed by atoms with Crippen LogP contribution in [0.1, 0.15) is 104 Å². The highest BCUT2D eigenvalue weighted by Gasteiger charge is 2.43. The van der Waals surface area contributed by atoms with Crippen LogP contribution in [-0.4, -0.2) is 104 Å². The normalized spacial score (nSPS) is 20.6. The molecule has 0 unspecified atom stereocenters. The molecule has 3 aliphatic heterocycles. The van der Waals surface area contributed by atoms with E-state index in [0.29, 0.717) is 31.2 Å². The molecule has 0 aliphatic carbocycles. The molecule has 0 spiro atoms. The Morgan fingerprint density at radius 3 is 2.31 bits per heavy atom. The van der Waals surface area contributed by atoms with Crippen molar-refractivity contribution in [2.75, 3.05) is 20.8 Å². The second-order valence-corrected chi connectivity index (χ2v) is 18.5. The third kappa shape index (κ3) is 9.24. The summed E-state index contributed by atoms with van der Waals surface area (Å²) in [5.41, 5.74) is 6.41. The van der Waals surface area contributed by atoms with Gasteiger partial charge in [0.1, 0.15) is 36.1 Å². The number of H-pyrrole nitrogens is 2. The van der Waals surface area contributed by atoms with Crippen molar-refractivity contribution < 1.29 is 38.5 Å². The van der Waals surface area contributed by atoms with E-state index in [4.69, 9.17) is 24.2 Å². The van der Waals surface area contributed by atoms with E-state index in [1.165, 1.54) is 14.2 Å². The van der Waals surface area contributed by atoms with E-state index in [-0.39, 0.29) is 41.8 Å². The number of methoxy groups -OCH3 is 2. The monoisotopic (exact) mass is 878 g/mol. The summed E-state index contributed by atoms with van der Waals surface area (Å²) in [6.45, 7) is 16.9. The van der Waals surface area contributed by atoms with Gasteiger partial charge in [-0.1, -0.05) is 59.7 Å². The van der Waals surface area contributed by atoms with Gasteiger partial charge < -0.3 is 49.7 Å². The number of ether oxygens (including phenoxy) is 3. The number of nitrogens with zero attached hydrogens (tertiary/aromatic N) is 4. The molecule has 4 amide bonds. The maximum absolute atomic E-state index is 14.0. The van der Waals surface area contributed by atoms with Crippen molar-refractivity contribution in [2.24, 2.45) is 17.8 Å². The largest absolute Gasteiger partial charge is 0.488 e. The molecule has 2 saturated heterocycles. The number of aromatic nitrogens is 4. The zero-order valence-electron chi connectivity index (χ0n) is 38.4. The number of carboxylic acid groups (broad SMARTS) is 1. The summed E-state index contributed by atoms with van der Waals surface area (Å²) in [6, 6.07) is 12.0. The molecule has 0 saturated carbocycles. The maximum Gasteiger partial charge on any atom is 0.407 e. The van der Waals surface area contributed by atoms with Gasteiger partial charge in [0, 0.05) is 30.6 Å². The quantitative estimate of drug-likeness (QED) is 0.0907. The Balaban J connectivity index is 0.00000147. The second kappa shape index (κ2) is 18.9. The average Bonchev–Trinajstić information content (AvgIpc) is 4.08. The Hall–Kier alpha value is -6.16. The van der Waals surface area contributed by atoms with Crippen LogP contribution in [0.5, 0.6) is 5.75 Å². The Labute approximate surface area is 373 Å². The lowest BCUT2D eigenvalue weighted by atomic mass is 9.92. The first kappa shape index (κ1) is 45.9. The molecule has 5 heterocycles. The zero-order chi connectivity index (χ0) is 46.1. The molecule has 342 valence electrons. The van der Waals surface area contributed by atoms with Crippen LogP contribution in [0.3, 0.4) is 0 Å². The number of hydrogen-bond donors (Lipinski definition) is 5. The van der Waals surface area contributed by atoms with Crippen LogP contribution in [0.2, 0.25) is 0 Å². The van der Waals surface area contributed by atoms with Crippen molar-refractivity contribution in [1.82, 2.24) is 40.4 Å². The van der Waals surface area contributed by atoms with Gasteiger partial charge in [0.05, 0.1) is 48.2 Å². The van der Waals surface area contributed by atoms with E-state index >= 15 is 0 Å². The summed E-state index contributed by atoms with van der Waals surface area (Å²) in [7, 11) is 2.76. The fourth-order valence-electron chi connectivity index (χ4n) is 9.14. The number of aromatic amines is 2. The average molecular weight is 879 g/mol. The van der Waals surface area contributed by atoms with Crippen LogP contribution >= 0.6 is 0 Å². The van der Waals surface area contributed by atoms with Crippen LogP contribution in [0, 0.1) is 17.8 Å². The Kier molecular flexibility index (Phi) is 13.5. The number of imidazole rings is 2. The lowest BCUT2D eigenvalue weighted by Crippen LogP contribution is -2.54. The van der Waals surface area contributed by atoms with E-state index in [0.717, 1.165) is 74.3 Å². The molecule has 5 aromatic rings. The molecule has 0 radical (unpaired) electrons. The summed E-state index contributed by atoms with van der Waals surface area (Å²) < 4.78 is 16.7. The molecular weight excluding hydrogens is 817 g/mol. The fraction of sp³-hybridized carbons (Fsp3) is 0.500.